The summed E-state index contributed by atoms with van der Waals surface area (Å²) in [6, 6.07) is 15.2. The molecule has 0 unspecified atom stereocenters. The first-order valence-electron chi connectivity index (χ1n) is 7.32. The Balaban J connectivity index is 2.24. The standard InChI is InChI=1S/C18H16Cl2N2O/c1-12-16(10-11-23)21-22(17-5-3-2-4-15(17)20)18(12)13-6-8-14(19)9-7-13/h2-9,23H,10-11H2,1H3. The van der Waals surface area contributed by atoms with E-state index in [4.69, 9.17) is 23.2 Å². The molecule has 0 saturated carbocycles. The Hall–Kier alpha value is -1.81. The number of rotatable bonds is 4. The van der Waals surface area contributed by atoms with Gasteiger partial charge in [-0.25, -0.2) is 4.68 Å². The second-order valence-corrected chi connectivity index (χ2v) is 6.11. The quantitative estimate of drug-likeness (QED) is 0.744. The fourth-order valence-corrected chi connectivity index (χ4v) is 2.97. The highest BCUT2D eigenvalue weighted by atomic mass is 35.5. The van der Waals surface area contributed by atoms with Crippen molar-refractivity contribution in [1.29, 1.82) is 0 Å². The first-order chi connectivity index (χ1) is 11.1. The van der Waals surface area contributed by atoms with Gasteiger partial charge in [-0.2, -0.15) is 5.10 Å². The number of benzene rings is 2. The van der Waals surface area contributed by atoms with E-state index in [1.165, 1.54) is 0 Å². The summed E-state index contributed by atoms with van der Waals surface area (Å²) in [6.07, 6.45) is 0.504. The molecule has 2 aromatic carbocycles. The summed E-state index contributed by atoms with van der Waals surface area (Å²) < 4.78 is 1.84. The third kappa shape index (κ3) is 3.13. The number of nitrogens with zero attached hydrogens (tertiary/aromatic N) is 2. The molecule has 0 aliphatic heterocycles. The SMILES string of the molecule is Cc1c(CCO)nn(-c2ccccc2Cl)c1-c1ccc(Cl)cc1. The second-order valence-electron chi connectivity index (χ2n) is 5.26. The molecule has 0 aliphatic carbocycles. The van der Waals surface area contributed by atoms with Crippen LogP contribution in [-0.4, -0.2) is 21.5 Å². The van der Waals surface area contributed by atoms with Gasteiger partial charge in [0.05, 0.1) is 22.1 Å². The summed E-state index contributed by atoms with van der Waals surface area (Å²) in [5, 5.41) is 15.3. The van der Waals surface area contributed by atoms with Crippen molar-refractivity contribution in [2.45, 2.75) is 13.3 Å². The van der Waals surface area contributed by atoms with E-state index in [0.29, 0.717) is 16.5 Å². The highest BCUT2D eigenvalue weighted by Gasteiger charge is 2.18. The van der Waals surface area contributed by atoms with Crippen molar-refractivity contribution in [2.24, 2.45) is 0 Å². The predicted molar refractivity (Wildman–Crippen MR) is 94.5 cm³/mol. The van der Waals surface area contributed by atoms with Crippen LogP contribution in [-0.2, 0) is 6.42 Å². The molecule has 0 radical (unpaired) electrons. The van der Waals surface area contributed by atoms with E-state index >= 15 is 0 Å². The maximum absolute atomic E-state index is 9.28. The van der Waals surface area contributed by atoms with E-state index in [1.54, 1.807) is 0 Å². The van der Waals surface area contributed by atoms with E-state index in [2.05, 4.69) is 5.10 Å². The van der Waals surface area contributed by atoms with E-state index in [1.807, 2.05) is 60.1 Å². The van der Waals surface area contributed by atoms with Crippen molar-refractivity contribution in [3.05, 3.63) is 69.8 Å². The third-order valence-electron chi connectivity index (χ3n) is 3.77. The highest BCUT2D eigenvalue weighted by molar-refractivity contribution is 6.32. The van der Waals surface area contributed by atoms with Crippen molar-refractivity contribution >= 4 is 23.2 Å². The number of aliphatic hydroxyl groups is 1. The maximum Gasteiger partial charge on any atom is 0.0839 e. The Kier molecular flexibility index (Phi) is 4.71. The van der Waals surface area contributed by atoms with Crippen LogP contribution in [0.15, 0.2) is 48.5 Å². The molecule has 0 amide bonds. The molecule has 5 heteroatoms. The minimum Gasteiger partial charge on any atom is -0.396 e. The number of hydrogen-bond acceptors (Lipinski definition) is 2. The third-order valence-corrected chi connectivity index (χ3v) is 4.34. The normalized spacial score (nSPS) is 11.0. The zero-order chi connectivity index (χ0) is 16.4. The van der Waals surface area contributed by atoms with Crippen LogP contribution in [0.5, 0.6) is 0 Å². The first-order valence-corrected chi connectivity index (χ1v) is 8.07. The predicted octanol–water partition coefficient (Wildman–Crippen LogP) is 4.69. The summed E-state index contributed by atoms with van der Waals surface area (Å²) in [5.41, 5.74) is 4.66. The zero-order valence-electron chi connectivity index (χ0n) is 12.6. The van der Waals surface area contributed by atoms with Crippen LogP contribution in [0, 0.1) is 6.92 Å². The molecular formula is C18H16Cl2N2O. The van der Waals surface area contributed by atoms with Crippen LogP contribution >= 0.6 is 23.2 Å². The van der Waals surface area contributed by atoms with Gasteiger partial charge in [-0.3, -0.25) is 0 Å². The van der Waals surface area contributed by atoms with Crippen LogP contribution < -0.4 is 0 Å². The van der Waals surface area contributed by atoms with Crippen molar-refractivity contribution in [3.8, 4) is 16.9 Å². The summed E-state index contributed by atoms with van der Waals surface area (Å²) in [4.78, 5) is 0. The molecular weight excluding hydrogens is 331 g/mol. The lowest BCUT2D eigenvalue weighted by Gasteiger charge is -2.10. The van der Waals surface area contributed by atoms with E-state index in [-0.39, 0.29) is 6.61 Å². The fraction of sp³-hybridized carbons (Fsp3) is 0.167. The largest absolute Gasteiger partial charge is 0.396 e. The molecule has 0 fully saturated rings. The first kappa shape index (κ1) is 16.1. The Morgan fingerprint density at radius 2 is 1.74 bits per heavy atom. The molecule has 0 bridgehead atoms. The van der Waals surface area contributed by atoms with Crippen molar-refractivity contribution in [3.63, 3.8) is 0 Å². The number of halogens is 2. The monoisotopic (exact) mass is 346 g/mol. The number of aromatic nitrogens is 2. The molecule has 3 aromatic rings. The van der Waals surface area contributed by atoms with Crippen LogP contribution in [0.2, 0.25) is 10.0 Å². The van der Waals surface area contributed by atoms with Gasteiger partial charge in [-0.15, -0.1) is 0 Å². The van der Waals surface area contributed by atoms with Crippen LogP contribution in [0.3, 0.4) is 0 Å². The topological polar surface area (TPSA) is 38.1 Å². The minimum absolute atomic E-state index is 0.0560. The second kappa shape index (κ2) is 6.75. The lowest BCUT2D eigenvalue weighted by atomic mass is 10.1. The molecule has 0 atom stereocenters. The lowest BCUT2D eigenvalue weighted by Crippen LogP contribution is -2.01. The number of para-hydroxylation sites is 1. The molecule has 1 N–H and O–H groups in total. The Morgan fingerprint density at radius 1 is 1.04 bits per heavy atom. The van der Waals surface area contributed by atoms with Crippen LogP contribution in [0.4, 0.5) is 0 Å². The molecule has 0 aliphatic rings. The molecule has 23 heavy (non-hydrogen) atoms. The molecule has 1 aromatic heterocycles. The van der Waals surface area contributed by atoms with Crippen LogP contribution in [0.1, 0.15) is 11.3 Å². The van der Waals surface area contributed by atoms with Gasteiger partial charge in [0, 0.05) is 23.6 Å². The Morgan fingerprint density at radius 3 is 2.39 bits per heavy atom. The highest BCUT2D eigenvalue weighted by Crippen LogP contribution is 2.32. The smallest absolute Gasteiger partial charge is 0.0839 e. The summed E-state index contributed by atoms with van der Waals surface area (Å²) >= 11 is 12.4. The van der Waals surface area contributed by atoms with Gasteiger partial charge in [-0.1, -0.05) is 47.5 Å². The van der Waals surface area contributed by atoms with Crippen molar-refractivity contribution in [2.75, 3.05) is 6.61 Å². The molecule has 1 heterocycles. The van der Waals surface area contributed by atoms with Gasteiger partial charge in [0.2, 0.25) is 0 Å². The zero-order valence-corrected chi connectivity index (χ0v) is 14.1. The number of aliphatic hydroxyl groups excluding tert-OH is 1. The Labute approximate surface area is 145 Å². The van der Waals surface area contributed by atoms with E-state index < -0.39 is 0 Å². The molecule has 118 valence electrons. The Bertz CT molecular complexity index is 826. The molecule has 3 rings (SSSR count). The van der Waals surface area contributed by atoms with Crippen molar-refractivity contribution in [1.82, 2.24) is 9.78 Å². The minimum atomic E-state index is 0.0560. The molecule has 3 nitrogen and oxygen atoms in total. The summed E-state index contributed by atoms with van der Waals surface area (Å²) in [7, 11) is 0. The van der Waals surface area contributed by atoms with Gasteiger partial charge < -0.3 is 5.11 Å². The van der Waals surface area contributed by atoms with Gasteiger partial charge in [-0.05, 0) is 36.8 Å². The fourth-order valence-electron chi connectivity index (χ4n) is 2.63. The van der Waals surface area contributed by atoms with Crippen molar-refractivity contribution < 1.29 is 5.11 Å². The van der Waals surface area contributed by atoms with Gasteiger partial charge in [0.25, 0.3) is 0 Å². The molecule has 0 saturated heterocycles. The lowest BCUT2D eigenvalue weighted by molar-refractivity contribution is 0.297. The summed E-state index contributed by atoms with van der Waals surface area (Å²) in [5.74, 6) is 0. The average molecular weight is 347 g/mol. The van der Waals surface area contributed by atoms with E-state index in [9.17, 15) is 5.11 Å². The summed E-state index contributed by atoms with van der Waals surface area (Å²) in [6.45, 7) is 2.07. The molecule has 0 spiro atoms. The average Bonchev–Trinajstić information content (AvgIpc) is 2.86. The van der Waals surface area contributed by atoms with Gasteiger partial charge in [0.1, 0.15) is 0 Å². The van der Waals surface area contributed by atoms with Crippen LogP contribution in [0.25, 0.3) is 16.9 Å². The van der Waals surface area contributed by atoms with Gasteiger partial charge in [0.15, 0.2) is 0 Å². The van der Waals surface area contributed by atoms with E-state index in [0.717, 1.165) is 28.2 Å². The maximum atomic E-state index is 9.28. The van der Waals surface area contributed by atoms with Gasteiger partial charge >= 0.3 is 0 Å². The number of hydrogen-bond donors (Lipinski definition) is 1.